The maximum atomic E-state index is 12.3. The summed E-state index contributed by atoms with van der Waals surface area (Å²) in [5, 5.41) is 11.4. The summed E-state index contributed by atoms with van der Waals surface area (Å²) in [6.45, 7) is -1.61. The fraction of sp³-hybridized carbons (Fsp3) is 0.400. The van der Waals surface area contributed by atoms with Gasteiger partial charge in [-0.3, -0.25) is 9.59 Å². The largest absolute Gasteiger partial charge is 0.478 e. The van der Waals surface area contributed by atoms with E-state index in [1.807, 2.05) is 0 Å². The number of nitrogens with zero attached hydrogens (tertiary/aromatic N) is 1. The molecule has 0 unspecified atom stereocenters. The van der Waals surface area contributed by atoms with Crippen molar-refractivity contribution < 1.29 is 32.7 Å². The molecule has 0 spiro atoms. The van der Waals surface area contributed by atoms with Crippen molar-refractivity contribution in [1.82, 2.24) is 10.2 Å². The van der Waals surface area contributed by atoms with Gasteiger partial charge in [-0.2, -0.15) is 13.2 Å². The first-order chi connectivity index (χ1) is 11.2. The number of carboxylic acids is 1. The quantitative estimate of drug-likeness (QED) is 0.846. The summed E-state index contributed by atoms with van der Waals surface area (Å²) >= 11 is 0. The highest BCUT2D eigenvalue weighted by atomic mass is 19.4. The third kappa shape index (κ3) is 4.71. The van der Waals surface area contributed by atoms with E-state index in [0.29, 0.717) is 10.5 Å². The third-order valence-electron chi connectivity index (χ3n) is 3.60. The van der Waals surface area contributed by atoms with Crippen molar-refractivity contribution >= 4 is 17.8 Å². The van der Waals surface area contributed by atoms with Gasteiger partial charge >= 0.3 is 12.1 Å². The van der Waals surface area contributed by atoms with Gasteiger partial charge in [0.1, 0.15) is 6.54 Å². The standard InChI is InChI=1S/C15H15F3N2O4/c16-15(17,18)8-20-7-11(5-12(20)21)13(22)19-6-9-2-1-3-10(4-9)14(23)24/h1-4,11H,5-8H2,(H,19,22)(H,23,24)/t11-/m1/s1. The van der Waals surface area contributed by atoms with E-state index in [-0.39, 0.29) is 25.1 Å². The van der Waals surface area contributed by atoms with Crippen molar-refractivity contribution in [3.05, 3.63) is 35.4 Å². The highest BCUT2D eigenvalue weighted by molar-refractivity contribution is 5.89. The molecule has 0 saturated carbocycles. The van der Waals surface area contributed by atoms with Crippen LogP contribution in [0.25, 0.3) is 0 Å². The van der Waals surface area contributed by atoms with E-state index in [4.69, 9.17) is 5.11 Å². The zero-order valence-electron chi connectivity index (χ0n) is 12.5. The molecular formula is C15H15F3N2O4. The van der Waals surface area contributed by atoms with Crippen LogP contribution in [0.4, 0.5) is 13.2 Å². The van der Waals surface area contributed by atoms with Gasteiger partial charge in [-0.15, -0.1) is 0 Å². The molecule has 130 valence electrons. The smallest absolute Gasteiger partial charge is 0.406 e. The normalized spacial score (nSPS) is 17.9. The predicted octanol–water partition coefficient (Wildman–Crippen LogP) is 1.41. The number of halogens is 3. The number of carbonyl (C=O) groups is 3. The van der Waals surface area contributed by atoms with Crippen LogP contribution < -0.4 is 5.32 Å². The molecule has 1 saturated heterocycles. The summed E-state index contributed by atoms with van der Waals surface area (Å²) in [6.07, 6.45) is -4.77. The van der Waals surface area contributed by atoms with Gasteiger partial charge in [0.15, 0.2) is 0 Å². The van der Waals surface area contributed by atoms with Crippen molar-refractivity contribution in [2.24, 2.45) is 5.92 Å². The Bertz CT molecular complexity index is 660. The molecule has 0 aliphatic carbocycles. The number of benzene rings is 1. The Morgan fingerprint density at radius 3 is 2.67 bits per heavy atom. The molecule has 0 aromatic heterocycles. The van der Waals surface area contributed by atoms with Crippen LogP contribution in [0.15, 0.2) is 24.3 Å². The predicted molar refractivity (Wildman–Crippen MR) is 76.0 cm³/mol. The number of amides is 2. The molecule has 2 rings (SSSR count). The van der Waals surface area contributed by atoms with E-state index >= 15 is 0 Å². The number of hydrogen-bond acceptors (Lipinski definition) is 3. The van der Waals surface area contributed by atoms with Gasteiger partial charge in [-0.25, -0.2) is 4.79 Å². The maximum Gasteiger partial charge on any atom is 0.406 e. The molecule has 6 nitrogen and oxygen atoms in total. The molecule has 1 aromatic carbocycles. The second kappa shape index (κ2) is 6.90. The second-order valence-corrected chi connectivity index (χ2v) is 5.51. The van der Waals surface area contributed by atoms with Gasteiger partial charge in [0.05, 0.1) is 11.5 Å². The van der Waals surface area contributed by atoms with E-state index in [9.17, 15) is 27.6 Å². The Morgan fingerprint density at radius 1 is 1.33 bits per heavy atom. The zero-order chi connectivity index (χ0) is 17.9. The van der Waals surface area contributed by atoms with Crippen LogP contribution in [0.5, 0.6) is 0 Å². The van der Waals surface area contributed by atoms with Gasteiger partial charge in [0.25, 0.3) is 0 Å². The molecule has 1 aromatic rings. The Morgan fingerprint density at radius 2 is 2.04 bits per heavy atom. The van der Waals surface area contributed by atoms with Crippen molar-refractivity contribution in [2.75, 3.05) is 13.1 Å². The van der Waals surface area contributed by atoms with E-state index in [2.05, 4.69) is 5.32 Å². The summed E-state index contributed by atoms with van der Waals surface area (Å²) in [4.78, 5) is 35.0. The summed E-state index contributed by atoms with van der Waals surface area (Å²) in [7, 11) is 0. The lowest BCUT2D eigenvalue weighted by Gasteiger charge is -2.18. The number of nitrogens with one attached hydrogen (secondary N) is 1. The number of rotatable bonds is 5. The van der Waals surface area contributed by atoms with Crippen molar-refractivity contribution in [2.45, 2.75) is 19.1 Å². The first kappa shape index (κ1) is 17.8. The van der Waals surface area contributed by atoms with E-state index < -0.39 is 36.4 Å². The Hall–Kier alpha value is -2.58. The lowest BCUT2D eigenvalue weighted by Crippen LogP contribution is -2.37. The minimum Gasteiger partial charge on any atom is -0.478 e. The molecule has 2 N–H and O–H groups in total. The van der Waals surface area contributed by atoms with Crippen LogP contribution in [0.3, 0.4) is 0 Å². The fourth-order valence-corrected chi connectivity index (χ4v) is 2.46. The Balaban J connectivity index is 1.90. The van der Waals surface area contributed by atoms with Crippen molar-refractivity contribution in [3.8, 4) is 0 Å². The van der Waals surface area contributed by atoms with Gasteiger partial charge in [-0.05, 0) is 17.7 Å². The first-order valence-electron chi connectivity index (χ1n) is 7.10. The summed E-state index contributed by atoms with van der Waals surface area (Å²) in [5.74, 6) is -3.19. The van der Waals surface area contributed by atoms with Crippen LogP contribution in [0, 0.1) is 5.92 Å². The average Bonchev–Trinajstić information content (AvgIpc) is 2.84. The van der Waals surface area contributed by atoms with E-state index in [1.54, 1.807) is 6.07 Å². The molecule has 1 atom stereocenters. The van der Waals surface area contributed by atoms with Crippen LogP contribution >= 0.6 is 0 Å². The molecule has 1 aliphatic heterocycles. The van der Waals surface area contributed by atoms with Gasteiger partial charge in [-0.1, -0.05) is 12.1 Å². The molecule has 0 radical (unpaired) electrons. The average molecular weight is 344 g/mol. The van der Waals surface area contributed by atoms with Crippen LogP contribution in [-0.2, 0) is 16.1 Å². The number of aromatic carboxylic acids is 1. The molecule has 24 heavy (non-hydrogen) atoms. The van der Waals surface area contributed by atoms with Crippen molar-refractivity contribution in [3.63, 3.8) is 0 Å². The summed E-state index contributed by atoms with van der Waals surface area (Å²) in [6, 6.07) is 5.92. The minimum atomic E-state index is -4.50. The van der Waals surface area contributed by atoms with Crippen LogP contribution in [-0.4, -0.2) is 47.1 Å². The highest BCUT2D eigenvalue weighted by Crippen LogP contribution is 2.24. The van der Waals surface area contributed by atoms with E-state index in [1.165, 1.54) is 18.2 Å². The molecule has 1 fully saturated rings. The third-order valence-corrected chi connectivity index (χ3v) is 3.60. The maximum absolute atomic E-state index is 12.3. The highest BCUT2D eigenvalue weighted by Gasteiger charge is 2.40. The lowest BCUT2D eigenvalue weighted by molar-refractivity contribution is -0.157. The molecule has 0 bridgehead atoms. The van der Waals surface area contributed by atoms with Gasteiger partial charge in [0, 0.05) is 19.5 Å². The monoisotopic (exact) mass is 344 g/mol. The minimum absolute atomic E-state index is 0.0317. The summed E-state index contributed by atoms with van der Waals surface area (Å²) in [5.41, 5.74) is 0.605. The molecule has 2 amide bonds. The van der Waals surface area contributed by atoms with Crippen LogP contribution in [0.2, 0.25) is 0 Å². The Labute approximate surface area is 135 Å². The molecule has 1 aliphatic rings. The number of hydrogen-bond donors (Lipinski definition) is 2. The lowest BCUT2D eigenvalue weighted by atomic mass is 10.1. The van der Waals surface area contributed by atoms with Crippen molar-refractivity contribution in [1.29, 1.82) is 0 Å². The SMILES string of the molecule is O=C(O)c1cccc(CNC(=O)[C@@H]2CC(=O)N(CC(F)(F)F)C2)c1. The summed E-state index contributed by atoms with van der Waals surface area (Å²) < 4.78 is 37.0. The number of alkyl halides is 3. The van der Waals surface area contributed by atoms with E-state index in [0.717, 1.165) is 0 Å². The molecule has 1 heterocycles. The topological polar surface area (TPSA) is 86.7 Å². The van der Waals surface area contributed by atoms with Gasteiger partial charge < -0.3 is 15.3 Å². The fourth-order valence-electron chi connectivity index (χ4n) is 2.46. The number of carboxylic acid groups (broad SMARTS) is 1. The van der Waals surface area contributed by atoms with Crippen LogP contribution in [0.1, 0.15) is 22.3 Å². The first-order valence-corrected chi connectivity index (χ1v) is 7.10. The zero-order valence-corrected chi connectivity index (χ0v) is 12.5. The Kier molecular flexibility index (Phi) is 5.10. The number of likely N-dealkylation sites (tertiary alicyclic amines) is 1. The molecular weight excluding hydrogens is 329 g/mol. The molecule has 9 heteroatoms. The van der Waals surface area contributed by atoms with Gasteiger partial charge in [0.2, 0.25) is 11.8 Å². The number of carbonyl (C=O) groups excluding carboxylic acids is 2. The second-order valence-electron chi connectivity index (χ2n) is 5.51.